The Labute approximate surface area is 160 Å². The molecule has 4 heterocycles. The molecule has 0 spiro atoms. The van der Waals surface area contributed by atoms with E-state index in [1.165, 1.54) is 17.4 Å². The molecular formula is C22H28N2O3. The lowest BCUT2D eigenvalue weighted by Gasteiger charge is -2.57. The summed E-state index contributed by atoms with van der Waals surface area (Å²) in [6.45, 7) is 4.40. The number of fused-ring (bicyclic) bond motifs is 4. The van der Waals surface area contributed by atoms with Gasteiger partial charge in [-0.05, 0) is 48.8 Å². The molecule has 5 heteroatoms. The third kappa shape index (κ3) is 2.18. The number of aromatic amines is 1. The number of carbonyl (C=O) groups excluding carboxylic acids is 1. The number of rotatable bonds is 3. The van der Waals surface area contributed by atoms with E-state index in [-0.39, 0.29) is 12.0 Å². The third-order valence-electron chi connectivity index (χ3n) is 7.37. The normalized spacial score (nSPS) is 34.2. The fourth-order valence-corrected chi connectivity index (χ4v) is 6.43. The number of ether oxygens (including phenoxy) is 2. The second-order valence-electron chi connectivity index (χ2n) is 8.52. The van der Waals surface area contributed by atoms with Crippen molar-refractivity contribution in [2.45, 2.75) is 44.1 Å². The number of nitrogens with one attached hydrogen (secondary N) is 1. The Kier molecular flexibility index (Phi) is 3.80. The zero-order valence-electron chi connectivity index (χ0n) is 16.4. The van der Waals surface area contributed by atoms with Gasteiger partial charge >= 0.3 is 5.97 Å². The molecular weight excluding hydrogens is 340 g/mol. The van der Waals surface area contributed by atoms with Crippen molar-refractivity contribution in [2.24, 2.45) is 11.8 Å². The van der Waals surface area contributed by atoms with Crippen LogP contribution in [-0.4, -0.2) is 49.2 Å². The standard InChI is InChI=1S/C22H28N2O3/c1-4-14-9-13-11-22(21(25)27-3)19-17(7-8-24(12-13)20(14)22)16-6-5-15(26-2)10-18(16)23-19/h5-6,10,13-14,20,23H,4,7-9,11-12H2,1-3H3/t13?,14-,20?,22?/m1/s1. The molecule has 1 aromatic heterocycles. The third-order valence-corrected chi connectivity index (χ3v) is 7.37. The lowest BCUT2D eigenvalue weighted by Crippen LogP contribution is -2.67. The molecule has 1 saturated carbocycles. The van der Waals surface area contributed by atoms with Crippen LogP contribution in [0.5, 0.6) is 5.75 Å². The predicted octanol–water partition coefficient (Wildman–Crippen LogP) is 3.26. The van der Waals surface area contributed by atoms with E-state index in [4.69, 9.17) is 9.47 Å². The van der Waals surface area contributed by atoms with Gasteiger partial charge in [-0.2, -0.15) is 0 Å². The van der Waals surface area contributed by atoms with Crippen LogP contribution in [0.25, 0.3) is 10.9 Å². The first-order chi connectivity index (χ1) is 13.1. The largest absolute Gasteiger partial charge is 0.497 e. The maximum absolute atomic E-state index is 13.4. The summed E-state index contributed by atoms with van der Waals surface area (Å²) >= 11 is 0. The summed E-state index contributed by atoms with van der Waals surface area (Å²) in [7, 11) is 3.23. The van der Waals surface area contributed by atoms with E-state index in [1.54, 1.807) is 14.2 Å². The molecule has 3 aliphatic heterocycles. The Balaban J connectivity index is 1.78. The summed E-state index contributed by atoms with van der Waals surface area (Å²) in [5.41, 5.74) is 2.88. The van der Waals surface area contributed by atoms with Gasteiger partial charge in [0.1, 0.15) is 11.2 Å². The fourth-order valence-electron chi connectivity index (χ4n) is 6.43. The number of piperidine rings is 2. The monoisotopic (exact) mass is 368 g/mol. The molecule has 144 valence electrons. The minimum atomic E-state index is -0.575. The highest BCUT2D eigenvalue weighted by Gasteiger charge is 2.62. The van der Waals surface area contributed by atoms with E-state index in [2.05, 4.69) is 22.9 Å². The van der Waals surface area contributed by atoms with Crippen molar-refractivity contribution < 1.29 is 14.3 Å². The van der Waals surface area contributed by atoms with Crippen LogP contribution in [0.2, 0.25) is 0 Å². The van der Waals surface area contributed by atoms with Gasteiger partial charge < -0.3 is 14.5 Å². The van der Waals surface area contributed by atoms with Crippen LogP contribution >= 0.6 is 0 Å². The summed E-state index contributed by atoms with van der Waals surface area (Å²) in [6, 6.07) is 6.43. The van der Waals surface area contributed by atoms with Crippen LogP contribution in [0, 0.1) is 11.8 Å². The van der Waals surface area contributed by atoms with Crippen molar-refractivity contribution in [3.05, 3.63) is 29.5 Å². The maximum Gasteiger partial charge on any atom is 0.319 e. The summed E-state index contributed by atoms with van der Waals surface area (Å²) < 4.78 is 10.9. The number of aromatic nitrogens is 1. The molecule has 5 nitrogen and oxygen atoms in total. The van der Waals surface area contributed by atoms with Crippen molar-refractivity contribution in [1.82, 2.24) is 9.88 Å². The van der Waals surface area contributed by atoms with Gasteiger partial charge in [0.15, 0.2) is 0 Å². The zero-order chi connectivity index (χ0) is 18.8. The molecule has 6 rings (SSSR count). The molecule has 0 amide bonds. The first kappa shape index (κ1) is 17.1. The Morgan fingerprint density at radius 1 is 1.37 bits per heavy atom. The highest BCUT2D eigenvalue weighted by Crippen LogP contribution is 2.55. The van der Waals surface area contributed by atoms with Crippen molar-refractivity contribution in [3.63, 3.8) is 0 Å². The quantitative estimate of drug-likeness (QED) is 0.845. The molecule has 3 fully saturated rings. The number of nitrogens with zero attached hydrogens (tertiary/aromatic N) is 1. The first-order valence-corrected chi connectivity index (χ1v) is 10.1. The van der Waals surface area contributed by atoms with Crippen LogP contribution in [-0.2, 0) is 21.4 Å². The molecule has 4 bridgehead atoms. The van der Waals surface area contributed by atoms with Crippen molar-refractivity contribution >= 4 is 16.9 Å². The number of hydrogen-bond donors (Lipinski definition) is 1. The second kappa shape index (κ2) is 5.99. The molecule has 5 atom stereocenters. The van der Waals surface area contributed by atoms with Crippen molar-refractivity contribution in [1.29, 1.82) is 0 Å². The van der Waals surface area contributed by atoms with E-state index >= 15 is 0 Å². The van der Waals surface area contributed by atoms with Gasteiger partial charge in [0.05, 0.1) is 14.2 Å². The first-order valence-electron chi connectivity index (χ1n) is 10.1. The number of methoxy groups -OCH3 is 2. The van der Waals surface area contributed by atoms with Crippen LogP contribution in [0.4, 0.5) is 0 Å². The van der Waals surface area contributed by atoms with Gasteiger partial charge in [0.2, 0.25) is 0 Å². The van der Waals surface area contributed by atoms with Crippen LogP contribution < -0.4 is 4.74 Å². The van der Waals surface area contributed by atoms with Crippen LogP contribution in [0.3, 0.4) is 0 Å². The summed E-state index contributed by atoms with van der Waals surface area (Å²) in [5, 5.41) is 1.21. The predicted molar refractivity (Wildman–Crippen MR) is 104 cm³/mol. The molecule has 4 aliphatic rings. The van der Waals surface area contributed by atoms with Crippen molar-refractivity contribution in [2.75, 3.05) is 27.3 Å². The summed E-state index contributed by atoms with van der Waals surface area (Å²) in [4.78, 5) is 19.6. The Bertz CT molecular complexity index is 904. The Morgan fingerprint density at radius 3 is 2.96 bits per heavy atom. The average Bonchev–Trinajstić information content (AvgIpc) is 3.04. The van der Waals surface area contributed by atoms with E-state index in [0.717, 1.165) is 49.3 Å². The van der Waals surface area contributed by atoms with Gasteiger partial charge in [0, 0.05) is 41.8 Å². The van der Waals surface area contributed by atoms with Gasteiger partial charge in [-0.25, -0.2) is 0 Å². The molecule has 27 heavy (non-hydrogen) atoms. The SMILES string of the molecule is CC[C@@H]1CC2CN3CCc4c([nH]c5cc(OC)ccc45)C(C(=O)OC)(C2)C13. The van der Waals surface area contributed by atoms with Crippen molar-refractivity contribution in [3.8, 4) is 5.75 Å². The molecule has 0 radical (unpaired) electrons. The molecule has 2 aromatic rings. The number of hydrogen-bond acceptors (Lipinski definition) is 4. The minimum Gasteiger partial charge on any atom is -0.497 e. The number of H-pyrrole nitrogens is 1. The van der Waals surface area contributed by atoms with Crippen LogP contribution in [0.15, 0.2) is 18.2 Å². The Hall–Kier alpha value is -2.01. The molecule has 4 unspecified atom stereocenters. The van der Waals surface area contributed by atoms with E-state index in [0.29, 0.717) is 11.8 Å². The smallest absolute Gasteiger partial charge is 0.319 e. The van der Waals surface area contributed by atoms with Crippen LogP contribution in [0.1, 0.15) is 37.4 Å². The summed E-state index contributed by atoms with van der Waals surface area (Å²) in [6.07, 6.45) is 4.22. The molecule has 1 N–H and O–H groups in total. The van der Waals surface area contributed by atoms with E-state index < -0.39 is 5.41 Å². The highest BCUT2D eigenvalue weighted by atomic mass is 16.5. The van der Waals surface area contributed by atoms with Gasteiger partial charge in [-0.1, -0.05) is 13.3 Å². The lowest BCUT2D eigenvalue weighted by atomic mass is 9.56. The lowest BCUT2D eigenvalue weighted by molar-refractivity contribution is -0.162. The van der Waals surface area contributed by atoms with E-state index in [1.807, 2.05) is 12.1 Å². The maximum atomic E-state index is 13.4. The average molecular weight is 368 g/mol. The second-order valence-corrected chi connectivity index (χ2v) is 8.52. The molecule has 1 aromatic carbocycles. The Morgan fingerprint density at radius 2 is 2.22 bits per heavy atom. The topological polar surface area (TPSA) is 54.6 Å². The fraction of sp³-hybridized carbons (Fsp3) is 0.591. The summed E-state index contributed by atoms with van der Waals surface area (Å²) in [5.74, 6) is 1.88. The van der Waals surface area contributed by atoms with E-state index in [9.17, 15) is 4.79 Å². The van der Waals surface area contributed by atoms with Gasteiger partial charge in [-0.15, -0.1) is 0 Å². The molecule has 2 saturated heterocycles. The highest BCUT2D eigenvalue weighted by molar-refractivity contribution is 5.92. The number of benzene rings is 1. The minimum absolute atomic E-state index is 0.0676. The molecule has 1 aliphatic carbocycles. The number of esters is 1. The van der Waals surface area contributed by atoms with Gasteiger partial charge in [0.25, 0.3) is 0 Å². The number of carbonyl (C=O) groups is 1. The van der Waals surface area contributed by atoms with Gasteiger partial charge in [-0.3, -0.25) is 9.69 Å². The zero-order valence-corrected chi connectivity index (χ0v) is 16.4.